The van der Waals surface area contributed by atoms with Gasteiger partial charge in [0, 0.05) is 11.9 Å². The molecule has 1 saturated heterocycles. The van der Waals surface area contributed by atoms with Gasteiger partial charge in [-0.05, 0) is 42.0 Å². The van der Waals surface area contributed by atoms with E-state index >= 15 is 0 Å². The molecule has 0 aliphatic carbocycles. The highest BCUT2D eigenvalue weighted by atomic mass is 32.1. The predicted molar refractivity (Wildman–Crippen MR) is 106 cm³/mol. The van der Waals surface area contributed by atoms with Crippen LogP contribution in [0, 0.1) is 0 Å². The lowest BCUT2D eigenvalue weighted by atomic mass is 10.0. The lowest BCUT2D eigenvalue weighted by Gasteiger charge is -2.25. The third kappa shape index (κ3) is 3.52. The number of thiazole rings is 1. The number of hydrogen-bond donors (Lipinski definition) is 0. The van der Waals surface area contributed by atoms with E-state index in [4.69, 9.17) is 4.74 Å². The molecule has 1 aliphatic rings. The van der Waals surface area contributed by atoms with E-state index in [1.165, 1.54) is 5.56 Å². The number of thiophene rings is 1. The van der Waals surface area contributed by atoms with Gasteiger partial charge in [-0.25, -0.2) is 4.98 Å². The molecule has 0 N–H and O–H groups in total. The average molecular weight is 385 g/mol. The number of likely N-dealkylation sites (tertiary alicyclic amines) is 1. The normalized spacial score (nSPS) is 16.8. The topological polar surface area (TPSA) is 42.4 Å². The number of carbonyl (C=O) groups is 1. The summed E-state index contributed by atoms with van der Waals surface area (Å²) in [7, 11) is 1.67. The van der Waals surface area contributed by atoms with Crippen LogP contribution in [0.5, 0.6) is 5.75 Å². The molecule has 3 heterocycles. The van der Waals surface area contributed by atoms with Crippen LogP contribution in [0.1, 0.15) is 30.1 Å². The van der Waals surface area contributed by atoms with E-state index in [2.05, 4.69) is 23.2 Å². The molecular formula is C20H20N2O2S2. The predicted octanol–water partition coefficient (Wildman–Crippen LogP) is 4.79. The third-order valence-corrected chi connectivity index (χ3v) is 6.62. The number of aromatic nitrogens is 1. The monoisotopic (exact) mass is 384 g/mol. The number of amides is 1. The van der Waals surface area contributed by atoms with Crippen molar-refractivity contribution in [2.45, 2.75) is 25.3 Å². The van der Waals surface area contributed by atoms with Crippen LogP contribution in [-0.4, -0.2) is 29.4 Å². The fourth-order valence-electron chi connectivity index (χ4n) is 3.40. The largest absolute Gasteiger partial charge is 0.497 e. The Morgan fingerprint density at radius 3 is 2.85 bits per heavy atom. The number of benzene rings is 1. The van der Waals surface area contributed by atoms with E-state index in [9.17, 15) is 4.79 Å². The molecule has 134 valence electrons. The van der Waals surface area contributed by atoms with Crippen molar-refractivity contribution in [3.8, 4) is 15.6 Å². The van der Waals surface area contributed by atoms with Gasteiger partial charge in [-0.2, -0.15) is 0 Å². The maximum absolute atomic E-state index is 12.9. The highest BCUT2D eigenvalue weighted by Gasteiger charge is 2.30. The smallest absolute Gasteiger partial charge is 0.229 e. The molecule has 0 bridgehead atoms. The van der Waals surface area contributed by atoms with Crippen molar-refractivity contribution in [3.05, 3.63) is 58.4 Å². The van der Waals surface area contributed by atoms with Gasteiger partial charge in [0.25, 0.3) is 0 Å². The van der Waals surface area contributed by atoms with E-state index in [0.717, 1.165) is 40.7 Å². The van der Waals surface area contributed by atoms with Gasteiger partial charge in [0.15, 0.2) is 0 Å². The van der Waals surface area contributed by atoms with Crippen LogP contribution in [-0.2, 0) is 11.2 Å². The second kappa shape index (κ2) is 7.60. The highest BCUT2D eigenvalue weighted by Crippen LogP contribution is 2.34. The zero-order valence-electron chi connectivity index (χ0n) is 14.6. The molecule has 4 rings (SSSR count). The first kappa shape index (κ1) is 17.2. The number of ether oxygens (including phenoxy) is 1. The first-order valence-corrected chi connectivity index (χ1v) is 10.4. The molecule has 2 aromatic heterocycles. The Balaban J connectivity index is 1.46. The van der Waals surface area contributed by atoms with Crippen LogP contribution in [0.3, 0.4) is 0 Å². The van der Waals surface area contributed by atoms with Gasteiger partial charge in [-0.1, -0.05) is 18.2 Å². The minimum atomic E-state index is 0.156. The van der Waals surface area contributed by atoms with Crippen molar-refractivity contribution in [1.29, 1.82) is 0 Å². The fraction of sp³-hybridized carbons (Fsp3) is 0.300. The summed E-state index contributed by atoms with van der Waals surface area (Å²) in [6, 6.07) is 12.3. The number of hydrogen-bond acceptors (Lipinski definition) is 5. The van der Waals surface area contributed by atoms with Gasteiger partial charge in [0.2, 0.25) is 5.91 Å². The van der Waals surface area contributed by atoms with Gasteiger partial charge in [-0.15, -0.1) is 22.7 Å². The van der Waals surface area contributed by atoms with Crippen LogP contribution < -0.4 is 4.74 Å². The SMILES string of the molecule is COc1ccc(C2CCCN2C(=O)Cc2csc(-c3cccs3)n2)cc1. The molecule has 0 radical (unpaired) electrons. The molecule has 1 aliphatic heterocycles. The summed E-state index contributed by atoms with van der Waals surface area (Å²) in [5.41, 5.74) is 2.04. The molecule has 3 aromatic rings. The van der Waals surface area contributed by atoms with E-state index in [-0.39, 0.29) is 11.9 Å². The molecule has 1 atom stereocenters. The fourth-order valence-corrected chi connectivity index (χ4v) is 5.03. The minimum absolute atomic E-state index is 0.156. The highest BCUT2D eigenvalue weighted by molar-refractivity contribution is 7.20. The first-order valence-electron chi connectivity index (χ1n) is 8.66. The maximum Gasteiger partial charge on any atom is 0.229 e. The number of carbonyl (C=O) groups excluding carboxylic acids is 1. The van der Waals surface area contributed by atoms with Crippen LogP contribution in [0.25, 0.3) is 9.88 Å². The molecule has 1 aromatic carbocycles. The molecule has 0 spiro atoms. The zero-order chi connectivity index (χ0) is 17.9. The molecule has 1 fully saturated rings. The Morgan fingerprint density at radius 2 is 2.12 bits per heavy atom. The second-order valence-corrected chi connectivity index (χ2v) is 8.12. The van der Waals surface area contributed by atoms with Crippen LogP contribution in [0.15, 0.2) is 47.2 Å². The maximum atomic E-state index is 12.9. The summed E-state index contributed by atoms with van der Waals surface area (Å²) in [5.74, 6) is 1.000. The van der Waals surface area contributed by atoms with Crippen molar-refractivity contribution in [3.63, 3.8) is 0 Å². The van der Waals surface area contributed by atoms with Crippen molar-refractivity contribution < 1.29 is 9.53 Å². The molecule has 0 saturated carbocycles. The van der Waals surface area contributed by atoms with E-state index < -0.39 is 0 Å². The van der Waals surface area contributed by atoms with Crippen LogP contribution in [0.2, 0.25) is 0 Å². The average Bonchev–Trinajstić information content (AvgIpc) is 3.41. The van der Waals surface area contributed by atoms with Gasteiger partial charge < -0.3 is 9.64 Å². The summed E-state index contributed by atoms with van der Waals surface area (Å²) >= 11 is 3.28. The van der Waals surface area contributed by atoms with Crippen molar-refractivity contribution in [1.82, 2.24) is 9.88 Å². The quantitative estimate of drug-likeness (QED) is 0.635. The minimum Gasteiger partial charge on any atom is -0.497 e. The zero-order valence-corrected chi connectivity index (χ0v) is 16.2. The molecule has 1 amide bonds. The summed E-state index contributed by atoms with van der Waals surface area (Å²) in [6.07, 6.45) is 2.42. The van der Waals surface area contributed by atoms with Crippen molar-refractivity contribution >= 4 is 28.6 Å². The Labute approximate surface area is 161 Å². The lowest BCUT2D eigenvalue weighted by molar-refractivity contribution is -0.131. The second-order valence-electron chi connectivity index (χ2n) is 6.32. The van der Waals surface area contributed by atoms with Gasteiger partial charge in [0.1, 0.15) is 10.8 Å². The van der Waals surface area contributed by atoms with Gasteiger partial charge in [-0.3, -0.25) is 4.79 Å². The third-order valence-electron chi connectivity index (χ3n) is 4.69. The number of methoxy groups -OCH3 is 1. The van der Waals surface area contributed by atoms with E-state index in [1.807, 2.05) is 33.9 Å². The van der Waals surface area contributed by atoms with Crippen LogP contribution >= 0.6 is 22.7 Å². The van der Waals surface area contributed by atoms with Crippen molar-refractivity contribution in [2.75, 3.05) is 13.7 Å². The molecule has 26 heavy (non-hydrogen) atoms. The Hall–Kier alpha value is -2.18. The number of nitrogens with zero attached hydrogens (tertiary/aromatic N) is 2. The lowest BCUT2D eigenvalue weighted by Crippen LogP contribution is -2.31. The number of rotatable bonds is 5. The van der Waals surface area contributed by atoms with Crippen LogP contribution in [0.4, 0.5) is 0 Å². The molecule has 1 unspecified atom stereocenters. The standard InChI is InChI=1S/C20H20N2O2S2/c1-24-16-8-6-14(7-9-16)17-4-2-10-22(17)19(23)12-15-13-26-20(21-15)18-5-3-11-25-18/h3,5-9,11,13,17H,2,4,10,12H2,1H3. The first-order chi connectivity index (χ1) is 12.7. The molecule has 6 heteroatoms. The summed E-state index contributed by atoms with van der Waals surface area (Å²) in [6.45, 7) is 0.817. The summed E-state index contributed by atoms with van der Waals surface area (Å²) in [4.78, 5) is 20.7. The Morgan fingerprint density at radius 1 is 1.27 bits per heavy atom. The summed E-state index contributed by atoms with van der Waals surface area (Å²) in [5, 5.41) is 5.05. The summed E-state index contributed by atoms with van der Waals surface area (Å²) < 4.78 is 5.23. The Kier molecular flexibility index (Phi) is 5.04. The molecule has 4 nitrogen and oxygen atoms in total. The van der Waals surface area contributed by atoms with E-state index in [1.54, 1.807) is 29.8 Å². The van der Waals surface area contributed by atoms with Crippen molar-refractivity contribution in [2.24, 2.45) is 0 Å². The Bertz CT molecular complexity index is 872. The molecular weight excluding hydrogens is 364 g/mol. The van der Waals surface area contributed by atoms with E-state index in [0.29, 0.717) is 6.42 Å². The van der Waals surface area contributed by atoms with Gasteiger partial charge in [0.05, 0.1) is 30.1 Å². The van der Waals surface area contributed by atoms with Gasteiger partial charge >= 0.3 is 0 Å².